The molecular formula is C22H23NO3S. The van der Waals surface area contributed by atoms with E-state index in [9.17, 15) is 13.2 Å². The summed E-state index contributed by atoms with van der Waals surface area (Å²) >= 11 is 0. The summed E-state index contributed by atoms with van der Waals surface area (Å²) in [4.78, 5) is 13.0. The molecule has 0 radical (unpaired) electrons. The Balaban J connectivity index is 1.78. The Morgan fingerprint density at radius 3 is 2.33 bits per heavy atom. The summed E-state index contributed by atoms with van der Waals surface area (Å²) in [5, 5.41) is 0. The number of sulfonamides is 1. The molecule has 2 aliphatic rings. The lowest BCUT2D eigenvalue weighted by atomic mass is 9.95. The minimum Gasteiger partial charge on any atom is -0.294 e. The maximum absolute atomic E-state index is 13.3. The third-order valence-corrected chi connectivity index (χ3v) is 7.61. The van der Waals surface area contributed by atoms with Crippen molar-refractivity contribution in [2.45, 2.75) is 37.6 Å². The number of carbonyl (C=O) groups is 1. The molecule has 4 nitrogen and oxygen atoms in total. The standard InChI is InChI=1S/C22H23NO3S/c1-3-20-18-13-21(24)22(16-7-5-4-6-8-16)19(18)14-23(20)27(25,26)17-11-9-15(2)10-12-17/h4-12,18,20H,3,13-14H2,1-2H3/t18-,20-/m0/s1. The highest BCUT2D eigenvalue weighted by molar-refractivity contribution is 7.89. The van der Waals surface area contributed by atoms with Crippen molar-refractivity contribution in [2.75, 3.05) is 6.54 Å². The van der Waals surface area contributed by atoms with Gasteiger partial charge in [0.2, 0.25) is 10.0 Å². The summed E-state index contributed by atoms with van der Waals surface area (Å²) < 4.78 is 28.2. The smallest absolute Gasteiger partial charge is 0.243 e. The maximum Gasteiger partial charge on any atom is 0.243 e. The second-order valence-electron chi connectivity index (χ2n) is 7.34. The Bertz CT molecular complexity index is 1010. The molecule has 4 rings (SSSR count). The summed E-state index contributed by atoms with van der Waals surface area (Å²) in [6.45, 7) is 4.24. The predicted molar refractivity (Wildman–Crippen MR) is 106 cm³/mol. The Labute approximate surface area is 160 Å². The Hall–Kier alpha value is -2.24. The van der Waals surface area contributed by atoms with Crippen molar-refractivity contribution < 1.29 is 13.2 Å². The second-order valence-corrected chi connectivity index (χ2v) is 9.23. The summed E-state index contributed by atoms with van der Waals surface area (Å²) in [6.07, 6.45) is 1.09. The van der Waals surface area contributed by atoms with Gasteiger partial charge < -0.3 is 0 Å². The van der Waals surface area contributed by atoms with Crippen molar-refractivity contribution in [2.24, 2.45) is 5.92 Å². The monoisotopic (exact) mass is 381 g/mol. The summed E-state index contributed by atoms with van der Waals surface area (Å²) in [7, 11) is -3.59. The van der Waals surface area contributed by atoms with E-state index in [1.807, 2.05) is 56.3 Å². The van der Waals surface area contributed by atoms with Gasteiger partial charge in [0.1, 0.15) is 0 Å². The van der Waals surface area contributed by atoms with E-state index >= 15 is 0 Å². The van der Waals surface area contributed by atoms with E-state index in [4.69, 9.17) is 0 Å². The zero-order valence-electron chi connectivity index (χ0n) is 15.6. The van der Waals surface area contributed by atoms with Crippen LogP contribution in [0.15, 0.2) is 65.1 Å². The van der Waals surface area contributed by atoms with E-state index in [1.165, 1.54) is 0 Å². The highest BCUT2D eigenvalue weighted by Gasteiger charge is 2.49. The molecule has 1 aliphatic heterocycles. The molecule has 1 fully saturated rings. The fourth-order valence-electron chi connectivity index (χ4n) is 4.39. The van der Waals surface area contributed by atoms with Crippen LogP contribution in [-0.4, -0.2) is 31.1 Å². The Kier molecular flexibility index (Phi) is 4.52. The average Bonchev–Trinajstić information content (AvgIpc) is 3.17. The van der Waals surface area contributed by atoms with Crippen LogP contribution in [0.5, 0.6) is 0 Å². The molecule has 2 aromatic rings. The number of nitrogens with zero attached hydrogens (tertiary/aromatic N) is 1. The van der Waals surface area contributed by atoms with Crippen molar-refractivity contribution in [3.05, 3.63) is 71.3 Å². The van der Waals surface area contributed by atoms with Crippen LogP contribution >= 0.6 is 0 Å². The van der Waals surface area contributed by atoms with Crippen molar-refractivity contribution in [3.8, 4) is 0 Å². The molecule has 0 N–H and O–H groups in total. The van der Waals surface area contributed by atoms with Gasteiger partial charge in [-0.3, -0.25) is 4.79 Å². The topological polar surface area (TPSA) is 54.5 Å². The van der Waals surface area contributed by atoms with E-state index in [0.717, 1.165) is 22.3 Å². The minimum atomic E-state index is -3.59. The van der Waals surface area contributed by atoms with Gasteiger partial charge in [0.15, 0.2) is 5.78 Å². The molecule has 5 heteroatoms. The van der Waals surface area contributed by atoms with Gasteiger partial charge >= 0.3 is 0 Å². The Morgan fingerprint density at radius 1 is 1.04 bits per heavy atom. The number of aryl methyl sites for hydroxylation is 1. The van der Waals surface area contributed by atoms with Crippen LogP contribution in [-0.2, 0) is 14.8 Å². The molecule has 1 saturated heterocycles. The number of hydrogen-bond acceptors (Lipinski definition) is 3. The molecule has 1 aliphatic carbocycles. The first-order valence-corrected chi connectivity index (χ1v) is 10.8. The second kappa shape index (κ2) is 6.73. The van der Waals surface area contributed by atoms with Crippen molar-refractivity contribution in [3.63, 3.8) is 0 Å². The number of rotatable bonds is 4. The van der Waals surface area contributed by atoms with Gasteiger partial charge in [-0.1, -0.05) is 55.0 Å². The first kappa shape index (κ1) is 18.1. The molecule has 0 amide bonds. The van der Waals surface area contributed by atoms with Gasteiger partial charge in [-0.05, 0) is 36.6 Å². The third-order valence-electron chi connectivity index (χ3n) is 5.72. The molecule has 0 unspecified atom stereocenters. The van der Waals surface area contributed by atoms with E-state index in [0.29, 0.717) is 24.3 Å². The zero-order valence-corrected chi connectivity index (χ0v) is 16.4. The summed E-state index contributed by atoms with van der Waals surface area (Å²) in [6, 6.07) is 16.4. The van der Waals surface area contributed by atoms with E-state index < -0.39 is 10.0 Å². The average molecular weight is 381 g/mol. The number of fused-ring (bicyclic) bond motifs is 1. The third kappa shape index (κ3) is 2.95. The van der Waals surface area contributed by atoms with Crippen molar-refractivity contribution in [1.82, 2.24) is 4.31 Å². The van der Waals surface area contributed by atoms with E-state index in [-0.39, 0.29) is 17.7 Å². The maximum atomic E-state index is 13.3. The quantitative estimate of drug-likeness (QED) is 0.809. The van der Waals surface area contributed by atoms with Crippen LogP contribution in [0.25, 0.3) is 5.57 Å². The predicted octanol–water partition coefficient (Wildman–Crippen LogP) is 3.82. The number of hydrogen-bond donors (Lipinski definition) is 0. The molecule has 0 bridgehead atoms. The normalized spacial score (nSPS) is 23.1. The largest absolute Gasteiger partial charge is 0.294 e. The lowest BCUT2D eigenvalue weighted by Gasteiger charge is -2.25. The molecule has 0 aromatic heterocycles. The van der Waals surface area contributed by atoms with E-state index in [1.54, 1.807) is 16.4 Å². The van der Waals surface area contributed by atoms with Gasteiger partial charge in [-0.15, -0.1) is 0 Å². The molecule has 0 saturated carbocycles. The first-order valence-electron chi connectivity index (χ1n) is 9.33. The molecule has 140 valence electrons. The lowest BCUT2D eigenvalue weighted by molar-refractivity contribution is -0.113. The fourth-order valence-corrected chi connectivity index (χ4v) is 6.10. The van der Waals surface area contributed by atoms with Crippen LogP contribution in [0.4, 0.5) is 0 Å². The molecule has 2 atom stereocenters. The summed E-state index contributed by atoms with van der Waals surface area (Å²) in [5.41, 5.74) is 3.62. The highest BCUT2D eigenvalue weighted by Crippen LogP contribution is 2.46. The number of allylic oxidation sites excluding steroid dienone is 1. The molecular weight excluding hydrogens is 358 g/mol. The van der Waals surface area contributed by atoms with Gasteiger partial charge in [-0.2, -0.15) is 4.31 Å². The first-order chi connectivity index (χ1) is 12.9. The highest BCUT2D eigenvalue weighted by atomic mass is 32.2. The minimum absolute atomic E-state index is 0.0158. The molecule has 27 heavy (non-hydrogen) atoms. The molecule has 2 aromatic carbocycles. The SMILES string of the molecule is CC[C@H]1[C@H]2CC(=O)C(c3ccccc3)=C2CN1S(=O)(=O)c1ccc(C)cc1. The van der Waals surface area contributed by atoms with Gasteiger partial charge in [0.25, 0.3) is 0 Å². The number of benzene rings is 2. The molecule has 1 heterocycles. The van der Waals surface area contributed by atoms with Crippen molar-refractivity contribution in [1.29, 1.82) is 0 Å². The zero-order chi connectivity index (χ0) is 19.2. The van der Waals surface area contributed by atoms with Crippen LogP contribution in [0.2, 0.25) is 0 Å². The van der Waals surface area contributed by atoms with Gasteiger partial charge in [0.05, 0.1) is 4.90 Å². The Morgan fingerprint density at radius 2 is 1.70 bits per heavy atom. The van der Waals surface area contributed by atoms with E-state index in [2.05, 4.69) is 0 Å². The lowest BCUT2D eigenvalue weighted by Crippen LogP contribution is -2.38. The van der Waals surface area contributed by atoms with Crippen LogP contribution in [0.3, 0.4) is 0 Å². The van der Waals surface area contributed by atoms with Crippen LogP contribution < -0.4 is 0 Å². The summed E-state index contributed by atoms with van der Waals surface area (Å²) in [5.74, 6) is 0.116. The van der Waals surface area contributed by atoms with Crippen molar-refractivity contribution >= 4 is 21.4 Å². The fraction of sp³-hybridized carbons (Fsp3) is 0.318. The number of carbonyl (C=O) groups excluding carboxylic acids is 1. The number of ketones is 1. The van der Waals surface area contributed by atoms with Crippen LogP contribution in [0, 0.1) is 12.8 Å². The molecule has 0 spiro atoms. The number of Topliss-reactive ketones (excluding diaryl/α,β-unsaturated/α-hetero) is 1. The van der Waals surface area contributed by atoms with Gasteiger partial charge in [-0.25, -0.2) is 8.42 Å². The van der Waals surface area contributed by atoms with Crippen LogP contribution in [0.1, 0.15) is 30.9 Å². The van der Waals surface area contributed by atoms with Gasteiger partial charge in [0, 0.05) is 30.5 Å².